The Kier molecular flexibility index (Phi) is 3.91. The van der Waals surface area contributed by atoms with Crippen molar-refractivity contribution in [2.45, 2.75) is 44.4 Å². The third-order valence-electron chi connectivity index (χ3n) is 3.40. The Morgan fingerprint density at radius 1 is 1.35 bits per heavy atom. The Balaban J connectivity index is 1.95. The quantitative estimate of drug-likeness (QED) is 0.811. The SMILES string of the molecule is CN(Cc1cnc(N)cn1)C1CCCCC1O. The minimum absolute atomic E-state index is 0.213. The van der Waals surface area contributed by atoms with Crippen molar-refractivity contribution in [3.05, 3.63) is 18.1 Å². The van der Waals surface area contributed by atoms with Crippen LogP contribution in [0.15, 0.2) is 12.4 Å². The summed E-state index contributed by atoms with van der Waals surface area (Å²) in [6.07, 6.45) is 7.34. The van der Waals surface area contributed by atoms with Gasteiger partial charge in [-0.05, 0) is 19.9 Å². The van der Waals surface area contributed by atoms with E-state index in [4.69, 9.17) is 5.73 Å². The minimum atomic E-state index is -0.213. The van der Waals surface area contributed by atoms with E-state index in [9.17, 15) is 5.11 Å². The number of hydrogen-bond donors (Lipinski definition) is 2. The molecule has 0 spiro atoms. The Morgan fingerprint density at radius 2 is 2.12 bits per heavy atom. The highest BCUT2D eigenvalue weighted by atomic mass is 16.3. The molecule has 17 heavy (non-hydrogen) atoms. The topological polar surface area (TPSA) is 75.3 Å². The molecule has 1 saturated carbocycles. The van der Waals surface area contributed by atoms with Gasteiger partial charge in [-0.3, -0.25) is 9.88 Å². The fraction of sp³-hybridized carbons (Fsp3) is 0.667. The summed E-state index contributed by atoms with van der Waals surface area (Å²) in [6.45, 7) is 0.703. The molecule has 0 radical (unpaired) electrons. The first kappa shape index (κ1) is 12.3. The van der Waals surface area contributed by atoms with Crippen molar-refractivity contribution in [1.29, 1.82) is 0 Å². The molecule has 0 aromatic carbocycles. The third-order valence-corrected chi connectivity index (χ3v) is 3.40. The van der Waals surface area contributed by atoms with Crippen molar-refractivity contribution in [1.82, 2.24) is 14.9 Å². The monoisotopic (exact) mass is 236 g/mol. The molecule has 2 unspecified atom stereocenters. The molecule has 94 valence electrons. The van der Waals surface area contributed by atoms with Crippen LogP contribution in [0.1, 0.15) is 31.4 Å². The molecule has 1 aromatic heterocycles. The predicted molar refractivity (Wildman–Crippen MR) is 66.2 cm³/mol. The zero-order chi connectivity index (χ0) is 12.3. The van der Waals surface area contributed by atoms with E-state index < -0.39 is 0 Å². The summed E-state index contributed by atoms with van der Waals surface area (Å²) in [4.78, 5) is 10.4. The Hall–Kier alpha value is -1.20. The molecule has 5 nitrogen and oxygen atoms in total. The molecule has 1 aromatic rings. The van der Waals surface area contributed by atoms with Gasteiger partial charge in [-0.1, -0.05) is 12.8 Å². The Bertz CT molecular complexity index is 354. The Labute approximate surface area is 102 Å². The highest BCUT2D eigenvalue weighted by molar-refractivity contribution is 5.22. The smallest absolute Gasteiger partial charge is 0.141 e. The van der Waals surface area contributed by atoms with E-state index in [0.29, 0.717) is 12.4 Å². The van der Waals surface area contributed by atoms with E-state index in [1.54, 1.807) is 12.4 Å². The number of nitrogens with zero attached hydrogens (tertiary/aromatic N) is 3. The van der Waals surface area contributed by atoms with Crippen LogP contribution in [0, 0.1) is 0 Å². The van der Waals surface area contributed by atoms with Crippen LogP contribution >= 0.6 is 0 Å². The molecule has 1 aliphatic carbocycles. The lowest BCUT2D eigenvalue weighted by Gasteiger charge is -2.34. The van der Waals surface area contributed by atoms with E-state index in [1.807, 2.05) is 7.05 Å². The normalized spacial score (nSPS) is 25.1. The van der Waals surface area contributed by atoms with E-state index in [2.05, 4.69) is 14.9 Å². The molecule has 0 saturated heterocycles. The van der Waals surface area contributed by atoms with Crippen LogP contribution in [-0.4, -0.2) is 39.2 Å². The summed E-state index contributed by atoms with van der Waals surface area (Å²) in [5.41, 5.74) is 6.38. The summed E-state index contributed by atoms with van der Waals surface area (Å²) < 4.78 is 0. The maximum absolute atomic E-state index is 9.96. The van der Waals surface area contributed by atoms with Crippen molar-refractivity contribution >= 4 is 5.82 Å². The summed E-state index contributed by atoms with van der Waals surface area (Å²) in [7, 11) is 2.03. The summed E-state index contributed by atoms with van der Waals surface area (Å²) in [6, 6.07) is 0.239. The molecule has 0 aliphatic heterocycles. The van der Waals surface area contributed by atoms with Gasteiger partial charge in [-0.15, -0.1) is 0 Å². The first-order valence-corrected chi connectivity index (χ1v) is 6.11. The second-order valence-electron chi connectivity index (χ2n) is 4.77. The van der Waals surface area contributed by atoms with E-state index >= 15 is 0 Å². The van der Waals surface area contributed by atoms with Gasteiger partial charge in [0.25, 0.3) is 0 Å². The zero-order valence-corrected chi connectivity index (χ0v) is 10.2. The maximum atomic E-state index is 9.96. The molecule has 2 atom stereocenters. The van der Waals surface area contributed by atoms with E-state index in [1.165, 1.54) is 6.42 Å². The van der Waals surface area contributed by atoms with Gasteiger partial charge in [-0.25, -0.2) is 4.98 Å². The molecule has 0 bridgehead atoms. The minimum Gasteiger partial charge on any atom is -0.391 e. The zero-order valence-electron chi connectivity index (χ0n) is 10.2. The predicted octanol–water partition coefficient (Wildman–Crippen LogP) is 0.794. The van der Waals surface area contributed by atoms with Gasteiger partial charge in [0.2, 0.25) is 0 Å². The Morgan fingerprint density at radius 3 is 2.76 bits per heavy atom. The molecular weight excluding hydrogens is 216 g/mol. The first-order chi connectivity index (χ1) is 8.16. The summed E-state index contributed by atoms with van der Waals surface area (Å²) in [5, 5.41) is 9.96. The fourth-order valence-electron chi connectivity index (χ4n) is 2.43. The van der Waals surface area contributed by atoms with Crippen LogP contribution in [0.25, 0.3) is 0 Å². The second kappa shape index (κ2) is 5.42. The number of nitrogens with two attached hydrogens (primary N) is 1. The van der Waals surface area contributed by atoms with Crippen LogP contribution < -0.4 is 5.73 Å². The van der Waals surface area contributed by atoms with E-state index in [0.717, 1.165) is 25.0 Å². The lowest BCUT2D eigenvalue weighted by molar-refractivity contribution is 0.0283. The van der Waals surface area contributed by atoms with Crippen LogP contribution in [0.4, 0.5) is 5.82 Å². The lowest BCUT2D eigenvalue weighted by Crippen LogP contribution is -2.43. The molecule has 0 amide bonds. The average Bonchev–Trinajstić information content (AvgIpc) is 2.32. The van der Waals surface area contributed by atoms with Crippen molar-refractivity contribution in [2.75, 3.05) is 12.8 Å². The summed E-state index contributed by atoms with van der Waals surface area (Å²) >= 11 is 0. The largest absolute Gasteiger partial charge is 0.391 e. The van der Waals surface area contributed by atoms with Gasteiger partial charge in [0.15, 0.2) is 0 Å². The number of aromatic nitrogens is 2. The van der Waals surface area contributed by atoms with Crippen molar-refractivity contribution in [3.8, 4) is 0 Å². The number of aliphatic hydroxyl groups is 1. The number of aliphatic hydroxyl groups excluding tert-OH is 1. The number of likely N-dealkylation sites (N-methyl/N-ethyl adjacent to an activating group) is 1. The molecule has 1 heterocycles. The average molecular weight is 236 g/mol. The number of rotatable bonds is 3. The molecule has 5 heteroatoms. The second-order valence-corrected chi connectivity index (χ2v) is 4.77. The first-order valence-electron chi connectivity index (χ1n) is 6.11. The van der Waals surface area contributed by atoms with Gasteiger partial charge >= 0.3 is 0 Å². The van der Waals surface area contributed by atoms with Gasteiger partial charge in [-0.2, -0.15) is 0 Å². The number of anilines is 1. The highest BCUT2D eigenvalue weighted by Crippen LogP contribution is 2.23. The molecule has 1 fully saturated rings. The van der Waals surface area contributed by atoms with Gasteiger partial charge < -0.3 is 10.8 Å². The highest BCUT2D eigenvalue weighted by Gasteiger charge is 2.26. The molecule has 3 N–H and O–H groups in total. The number of hydrogen-bond acceptors (Lipinski definition) is 5. The molecule has 2 rings (SSSR count). The lowest BCUT2D eigenvalue weighted by atomic mass is 9.91. The van der Waals surface area contributed by atoms with Crippen molar-refractivity contribution in [3.63, 3.8) is 0 Å². The van der Waals surface area contributed by atoms with Crippen LogP contribution in [0.2, 0.25) is 0 Å². The summed E-state index contributed by atoms with van der Waals surface area (Å²) in [5.74, 6) is 0.439. The number of nitrogen functional groups attached to an aromatic ring is 1. The molecular formula is C12H20N4O. The maximum Gasteiger partial charge on any atom is 0.141 e. The van der Waals surface area contributed by atoms with Gasteiger partial charge in [0, 0.05) is 12.6 Å². The standard InChI is InChI=1S/C12H20N4O/c1-16(10-4-2-3-5-11(10)17)8-9-6-15-12(13)7-14-9/h6-7,10-11,17H,2-5,8H2,1H3,(H2,13,15). The van der Waals surface area contributed by atoms with Crippen molar-refractivity contribution < 1.29 is 5.11 Å². The van der Waals surface area contributed by atoms with Crippen LogP contribution in [0.5, 0.6) is 0 Å². The van der Waals surface area contributed by atoms with Crippen LogP contribution in [0.3, 0.4) is 0 Å². The van der Waals surface area contributed by atoms with Crippen molar-refractivity contribution in [2.24, 2.45) is 0 Å². The van der Waals surface area contributed by atoms with Gasteiger partial charge in [0.05, 0.1) is 24.2 Å². The third kappa shape index (κ3) is 3.14. The van der Waals surface area contributed by atoms with Crippen LogP contribution in [-0.2, 0) is 6.54 Å². The molecule has 1 aliphatic rings. The van der Waals surface area contributed by atoms with Gasteiger partial charge in [0.1, 0.15) is 5.82 Å². The van der Waals surface area contributed by atoms with E-state index in [-0.39, 0.29) is 12.1 Å². The fourth-order valence-corrected chi connectivity index (χ4v) is 2.43.